The van der Waals surface area contributed by atoms with E-state index in [1.54, 1.807) is 0 Å². The lowest BCUT2D eigenvalue weighted by atomic mass is 9.63. The van der Waals surface area contributed by atoms with E-state index in [1.807, 2.05) is 6.07 Å². The first-order chi connectivity index (χ1) is 31.7. The second-order valence-corrected chi connectivity index (χ2v) is 19.8. The van der Waals surface area contributed by atoms with Crippen LogP contribution in [-0.2, 0) is 16.2 Å². The van der Waals surface area contributed by atoms with E-state index in [9.17, 15) is 0 Å². The van der Waals surface area contributed by atoms with Crippen LogP contribution >= 0.6 is 0 Å². The average molecular weight is 836 g/mol. The standard InChI is InChI=1S/C63H49NO/c1-61(2)35-36-62(3,4)57-37-41(31-34-55(57)61)50-38-51-47-21-10-14-27-54(47)63(52-25-12-8-19-45(52)46-20-9-13-26-53(46)63)56(51)39-58(50)64(42-17-6-5-7-18-42)43-32-29-40(30-33-43)44-23-16-24-49-48-22-11-15-28-59(48)65-60(44)49/h5-34,37-39H,35-36H2,1-4H3. The molecule has 0 fully saturated rings. The van der Waals surface area contributed by atoms with Crippen LogP contribution in [0.5, 0.6) is 0 Å². The Morgan fingerprint density at radius 1 is 0.369 bits per heavy atom. The van der Waals surface area contributed by atoms with Crippen molar-refractivity contribution in [3.05, 3.63) is 234 Å². The van der Waals surface area contributed by atoms with Gasteiger partial charge < -0.3 is 9.32 Å². The summed E-state index contributed by atoms with van der Waals surface area (Å²) in [4.78, 5) is 2.50. The van der Waals surface area contributed by atoms with Gasteiger partial charge in [0.1, 0.15) is 11.2 Å². The summed E-state index contributed by atoms with van der Waals surface area (Å²) in [6.07, 6.45) is 2.34. The first-order valence-electron chi connectivity index (χ1n) is 23.2. The predicted octanol–water partition coefficient (Wildman–Crippen LogP) is 17.1. The Balaban J connectivity index is 1.09. The van der Waals surface area contributed by atoms with Gasteiger partial charge in [0.2, 0.25) is 0 Å². The number of para-hydroxylation sites is 3. The summed E-state index contributed by atoms with van der Waals surface area (Å²) < 4.78 is 6.54. The van der Waals surface area contributed by atoms with Crippen LogP contribution in [-0.4, -0.2) is 0 Å². The van der Waals surface area contributed by atoms with Crippen molar-refractivity contribution in [1.82, 2.24) is 0 Å². The molecule has 0 atom stereocenters. The molecule has 0 saturated heterocycles. The van der Waals surface area contributed by atoms with Gasteiger partial charge in [-0.2, -0.15) is 0 Å². The zero-order valence-corrected chi connectivity index (χ0v) is 37.3. The van der Waals surface area contributed by atoms with Gasteiger partial charge in [0.05, 0.1) is 11.1 Å². The normalized spacial score (nSPS) is 15.6. The minimum Gasteiger partial charge on any atom is -0.455 e. The molecule has 3 aliphatic carbocycles. The number of rotatable bonds is 5. The Hall–Kier alpha value is -7.42. The Morgan fingerprint density at radius 2 is 0.908 bits per heavy atom. The van der Waals surface area contributed by atoms with Crippen LogP contribution in [0, 0.1) is 0 Å². The Labute approximate surface area is 381 Å². The largest absolute Gasteiger partial charge is 0.455 e. The van der Waals surface area contributed by atoms with Crippen LogP contribution in [0.1, 0.15) is 73.9 Å². The number of hydrogen-bond donors (Lipinski definition) is 0. The van der Waals surface area contributed by atoms with Gasteiger partial charge in [0.15, 0.2) is 0 Å². The van der Waals surface area contributed by atoms with Crippen molar-refractivity contribution in [2.45, 2.75) is 56.8 Å². The summed E-state index contributed by atoms with van der Waals surface area (Å²) in [6.45, 7) is 9.72. The van der Waals surface area contributed by atoms with Crippen molar-refractivity contribution in [1.29, 1.82) is 0 Å². The third-order valence-electron chi connectivity index (χ3n) is 15.4. The van der Waals surface area contributed by atoms with E-state index in [0.29, 0.717) is 0 Å². The quantitative estimate of drug-likeness (QED) is 0.172. The minimum atomic E-state index is -0.480. The molecule has 10 aromatic rings. The summed E-state index contributed by atoms with van der Waals surface area (Å²) in [7, 11) is 0. The number of furan rings is 1. The van der Waals surface area contributed by atoms with Gasteiger partial charge in [-0.1, -0.05) is 185 Å². The summed E-state index contributed by atoms with van der Waals surface area (Å²) in [6, 6.07) is 74.8. The first kappa shape index (κ1) is 38.1. The maximum absolute atomic E-state index is 6.54. The third kappa shape index (κ3) is 5.41. The van der Waals surface area contributed by atoms with E-state index in [1.165, 1.54) is 73.2 Å². The lowest BCUT2D eigenvalue weighted by molar-refractivity contribution is 0.332. The van der Waals surface area contributed by atoms with Crippen molar-refractivity contribution in [3.63, 3.8) is 0 Å². The van der Waals surface area contributed by atoms with E-state index >= 15 is 0 Å². The Bertz CT molecular complexity index is 3500. The van der Waals surface area contributed by atoms with Crippen LogP contribution in [0.25, 0.3) is 66.4 Å². The highest BCUT2D eigenvalue weighted by Gasteiger charge is 2.52. The van der Waals surface area contributed by atoms with Gasteiger partial charge in [-0.05, 0) is 133 Å². The summed E-state index contributed by atoms with van der Waals surface area (Å²) in [5.41, 5.74) is 23.1. The second kappa shape index (κ2) is 13.8. The summed E-state index contributed by atoms with van der Waals surface area (Å²) in [5, 5.41) is 2.28. The van der Waals surface area contributed by atoms with Crippen LogP contribution in [0.15, 0.2) is 205 Å². The highest BCUT2D eigenvalue weighted by Crippen LogP contribution is 2.64. The molecule has 0 N–H and O–H groups in total. The smallest absolute Gasteiger partial charge is 0.143 e. The minimum absolute atomic E-state index is 0.0589. The lowest BCUT2D eigenvalue weighted by Crippen LogP contribution is -2.33. The van der Waals surface area contributed by atoms with Crippen molar-refractivity contribution in [3.8, 4) is 44.5 Å². The van der Waals surface area contributed by atoms with E-state index in [-0.39, 0.29) is 10.8 Å². The van der Waals surface area contributed by atoms with E-state index in [2.05, 4.69) is 227 Å². The Kier molecular flexibility index (Phi) is 8.08. The molecule has 1 aromatic heterocycles. The molecule has 0 unspecified atom stereocenters. The molecule has 1 spiro atoms. The Morgan fingerprint density at radius 3 is 1.60 bits per heavy atom. The molecule has 9 aromatic carbocycles. The van der Waals surface area contributed by atoms with Crippen LogP contribution in [0.2, 0.25) is 0 Å². The molecule has 0 radical (unpaired) electrons. The van der Waals surface area contributed by atoms with Crippen LogP contribution < -0.4 is 4.90 Å². The molecule has 3 aliphatic rings. The molecule has 1 heterocycles. The van der Waals surface area contributed by atoms with Crippen LogP contribution in [0.3, 0.4) is 0 Å². The van der Waals surface area contributed by atoms with E-state index < -0.39 is 5.41 Å². The lowest BCUT2D eigenvalue weighted by Gasteiger charge is -2.42. The fourth-order valence-corrected chi connectivity index (χ4v) is 12.1. The zero-order valence-electron chi connectivity index (χ0n) is 37.3. The fourth-order valence-electron chi connectivity index (χ4n) is 12.1. The highest BCUT2D eigenvalue weighted by molar-refractivity contribution is 6.09. The molecule has 13 rings (SSSR count). The molecule has 0 aliphatic heterocycles. The molecule has 0 saturated carbocycles. The highest BCUT2D eigenvalue weighted by atomic mass is 16.3. The summed E-state index contributed by atoms with van der Waals surface area (Å²) >= 11 is 0. The van der Waals surface area contributed by atoms with E-state index in [4.69, 9.17) is 4.42 Å². The molecule has 0 amide bonds. The summed E-state index contributed by atoms with van der Waals surface area (Å²) in [5.74, 6) is 0. The zero-order chi connectivity index (χ0) is 43.7. The van der Waals surface area contributed by atoms with Crippen molar-refractivity contribution < 1.29 is 4.42 Å². The number of fused-ring (bicyclic) bond motifs is 14. The first-order valence-corrected chi connectivity index (χ1v) is 23.2. The number of anilines is 3. The molecular weight excluding hydrogens is 787 g/mol. The number of benzene rings is 9. The fraction of sp³-hybridized carbons (Fsp3) is 0.143. The van der Waals surface area contributed by atoms with E-state index in [0.717, 1.165) is 56.5 Å². The van der Waals surface area contributed by atoms with Gasteiger partial charge in [-0.25, -0.2) is 0 Å². The monoisotopic (exact) mass is 835 g/mol. The van der Waals surface area contributed by atoms with Crippen molar-refractivity contribution in [2.75, 3.05) is 4.90 Å². The topological polar surface area (TPSA) is 16.4 Å². The number of nitrogens with zero attached hydrogens (tertiary/aromatic N) is 1. The molecule has 0 bridgehead atoms. The average Bonchev–Trinajstić information content (AvgIpc) is 3.97. The SMILES string of the molecule is CC1(C)CCC(C)(C)c2cc(-c3cc4c(cc3N(c3ccccc3)c3ccc(-c5cccc6c5oc5ccccc56)cc3)C3(c5ccccc5-c5ccccc53)c3ccccc3-4)ccc21. The van der Waals surface area contributed by atoms with Gasteiger partial charge in [-0.15, -0.1) is 0 Å². The van der Waals surface area contributed by atoms with Gasteiger partial charge in [0, 0.05) is 33.3 Å². The van der Waals surface area contributed by atoms with Crippen molar-refractivity contribution in [2.24, 2.45) is 0 Å². The number of hydrogen-bond acceptors (Lipinski definition) is 2. The maximum Gasteiger partial charge on any atom is 0.143 e. The molecule has 65 heavy (non-hydrogen) atoms. The predicted molar refractivity (Wildman–Crippen MR) is 271 cm³/mol. The molecule has 312 valence electrons. The maximum atomic E-state index is 6.54. The van der Waals surface area contributed by atoms with Gasteiger partial charge in [0.25, 0.3) is 0 Å². The molecular formula is C63H49NO. The van der Waals surface area contributed by atoms with Crippen LogP contribution in [0.4, 0.5) is 17.1 Å². The van der Waals surface area contributed by atoms with Crippen molar-refractivity contribution >= 4 is 39.0 Å². The molecule has 2 nitrogen and oxygen atoms in total. The third-order valence-corrected chi connectivity index (χ3v) is 15.4. The molecule has 2 heteroatoms. The second-order valence-electron chi connectivity index (χ2n) is 19.8. The van der Waals surface area contributed by atoms with Gasteiger partial charge in [-0.3, -0.25) is 0 Å². The van der Waals surface area contributed by atoms with Gasteiger partial charge >= 0.3 is 0 Å².